The number of para-hydroxylation sites is 1. The number of nitriles is 1. The zero-order valence-electron chi connectivity index (χ0n) is 14.4. The van der Waals surface area contributed by atoms with E-state index < -0.39 is 24.0 Å². The van der Waals surface area contributed by atoms with Gasteiger partial charge < -0.3 is 10.1 Å². The van der Waals surface area contributed by atoms with Gasteiger partial charge in [0.2, 0.25) is 0 Å². The van der Waals surface area contributed by atoms with Crippen molar-refractivity contribution in [1.82, 2.24) is 9.78 Å². The Morgan fingerprint density at radius 3 is 2.79 bits per heavy atom. The van der Waals surface area contributed by atoms with Gasteiger partial charge in [-0.15, -0.1) is 11.3 Å². The number of benzene rings is 1. The van der Waals surface area contributed by atoms with Crippen LogP contribution in [0.5, 0.6) is 0 Å². The zero-order chi connectivity index (χ0) is 21.0. The lowest BCUT2D eigenvalue weighted by atomic mass is 10.2. The first-order chi connectivity index (χ1) is 13.9. The predicted molar refractivity (Wildman–Crippen MR) is 108 cm³/mol. The van der Waals surface area contributed by atoms with E-state index in [1.54, 1.807) is 23.6 Å². The fraction of sp³-hybridized carbons (Fsp3) is 0.0556. The topological polar surface area (TPSA) is 114 Å². The SMILES string of the molecule is N#Cc1ccsc1NC(=O)COC(=O)c1ccccc1-n1ncc(Cl)c(Cl)c1=O. The van der Waals surface area contributed by atoms with Crippen LogP contribution in [-0.4, -0.2) is 28.3 Å². The number of hydrogen-bond acceptors (Lipinski definition) is 7. The summed E-state index contributed by atoms with van der Waals surface area (Å²) >= 11 is 12.8. The molecule has 0 saturated carbocycles. The van der Waals surface area contributed by atoms with Gasteiger partial charge in [0, 0.05) is 0 Å². The fourth-order valence-electron chi connectivity index (χ4n) is 2.28. The molecule has 1 N–H and O–H groups in total. The molecule has 1 aromatic carbocycles. The minimum Gasteiger partial charge on any atom is -0.452 e. The molecule has 0 atom stereocenters. The van der Waals surface area contributed by atoms with E-state index >= 15 is 0 Å². The summed E-state index contributed by atoms with van der Waals surface area (Å²) in [6.07, 6.45) is 1.18. The third-order valence-electron chi connectivity index (χ3n) is 3.60. The van der Waals surface area contributed by atoms with Crippen LogP contribution in [0.2, 0.25) is 10.0 Å². The molecule has 2 aromatic heterocycles. The third-order valence-corrected chi connectivity index (χ3v) is 5.18. The molecule has 1 amide bonds. The highest BCUT2D eigenvalue weighted by molar-refractivity contribution is 7.14. The number of anilines is 1. The molecule has 0 aliphatic carbocycles. The second kappa shape index (κ2) is 8.87. The number of aromatic nitrogens is 2. The van der Waals surface area contributed by atoms with E-state index in [0.717, 1.165) is 4.68 Å². The van der Waals surface area contributed by atoms with Gasteiger partial charge in [0.05, 0.1) is 28.0 Å². The van der Waals surface area contributed by atoms with Crippen LogP contribution in [0, 0.1) is 11.3 Å². The zero-order valence-corrected chi connectivity index (χ0v) is 16.7. The molecule has 0 aliphatic heterocycles. The lowest BCUT2D eigenvalue weighted by Crippen LogP contribution is -2.25. The Morgan fingerprint density at radius 2 is 2.03 bits per heavy atom. The van der Waals surface area contributed by atoms with Gasteiger partial charge in [-0.25, -0.2) is 4.79 Å². The second-order valence-corrected chi connectivity index (χ2v) is 7.14. The van der Waals surface area contributed by atoms with E-state index in [1.165, 1.54) is 29.7 Å². The Morgan fingerprint density at radius 1 is 1.28 bits per heavy atom. The maximum absolute atomic E-state index is 12.5. The van der Waals surface area contributed by atoms with Crippen molar-refractivity contribution >= 4 is 51.4 Å². The smallest absolute Gasteiger partial charge is 0.340 e. The number of nitrogens with zero attached hydrogens (tertiary/aromatic N) is 3. The van der Waals surface area contributed by atoms with Gasteiger partial charge in [0.25, 0.3) is 11.5 Å². The van der Waals surface area contributed by atoms with Crippen LogP contribution in [0.25, 0.3) is 5.69 Å². The molecular weight excluding hydrogens is 439 g/mol. The van der Waals surface area contributed by atoms with Gasteiger partial charge in [-0.3, -0.25) is 9.59 Å². The standard InChI is InChI=1S/C18H10Cl2N4O4S/c19-12-8-22-24(17(26)15(12)20)13-4-2-1-3-11(13)18(27)28-9-14(25)23-16-10(7-21)5-6-29-16/h1-6,8H,9H2,(H,23,25). The summed E-state index contributed by atoms with van der Waals surface area (Å²) in [6, 6.07) is 9.54. The number of thiophene rings is 1. The van der Waals surface area contributed by atoms with Crippen molar-refractivity contribution in [2.45, 2.75) is 0 Å². The molecule has 0 bridgehead atoms. The van der Waals surface area contributed by atoms with E-state index in [1.807, 2.05) is 6.07 Å². The summed E-state index contributed by atoms with van der Waals surface area (Å²) < 4.78 is 5.95. The Kier molecular flexibility index (Phi) is 6.29. The van der Waals surface area contributed by atoms with Crippen molar-refractivity contribution in [3.63, 3.8) is 0 Å². The molecular formula is C18H10Cl2N4O4S. The van der Waals surface area contributed by atoms with Crippen LogP contribution in [-0.2, 0) is 9.53 Å². The minimum absolute atomic E-state index is 0.00197. The van der Waals surface area contributed by atoms with Crippen LogP contribution >= 0.6 is 34.5 Å². The Labute approximate surface area is 177 Å². The average molecular weight is 449 g/mol. The van der Waals surface area contributed by atoms with Crippen molar-refractivity contribution in [2.24, 2.45) is 0 Å². The summed E-state index contributed by atoms with van der Waals surface area (Å²) in [5.41, 5.74) is -0.280. The van der Waals surface area contributed by atoms with E-state index in [9.17, 15) is 14.4 Å². The number of carbonyl (C=O) groups excluding carboxylic acids is 2. The Hall–Kier alpha value is -3.19. The van der Waals surface area contributed by atoms with E-state index in [0.29, 0.717) is 10.6 Å². The maximum Gasteiger partial charge on any atom is 0.340 e. The number of amides is 1. The van der Waals surface area contributed by atoms with E-state index in [2.05, 4.69) is 10.4 Å². The first kappa shape index (κ1) is 20.5. The quantitative estimate of drug-likeness (QED) is 0.598. The molecule has 11 heteroatoms. The number of ether oxygens (including phenoxy) is 1. The molecule has 0 aliphatic rings. The van der Waals surface area contributed by atoms with Crippen molar-refractivity contribution in [3.05, 3.63) is 73.4 Å². The second-order valence-electron chi connectivity index (χ2n) is 5.44. The van der Waals surface area contributed by atoms with Crippen LogP contribution in [0.1, 0.15) is 15.9 Å². The highest BCUT2D eigenvalue weighted by Gasteiger charge is 2.19. The summed E-state index contributed by atoms with van der Waals surface area (Å²) in [4.78, 5) is 36.8. The Bertz CT molecular complexity index is 1200. The van der Waals surface area contributed by atoms with Crippen molar-refractivity contribution < 1.29 is 14.3 Å². The molecule has 2 heterocycles. The lowest BCUT2D eigenvalue weighted by Gasteiger charge is -2.11. The molecule has 3 aromatic rings. The molecule has 8 nitrogen and oxygen atoms in total. The lowest BCUT2D eigenvalue weighted by molar-refractivity contribution is -0.119. The average Bonchev–Trinajstić information content (AvgIpc) is 3.17. The summed E-state index contributed by atoms with van der Waals surface area (Å²) in [5, 5.41) is 17.1. The summed E-state index contributed by atoms with van der Waals surface area (Å²) in [7, 11) is 0. The molecule has 0 saturated heterocycles. The number of halogens is 2. The molecule has 0 unspecified atom stereocenters. The van der Waals surface area contributed by atoms with Crippen LogP contribution in [0.15, 0.2) is 46.7 Å². The summed E-state index contributed by atoms with van der Waals surface area (Å²) in [6.45, 7) is -0.584. The largest absolute Gasteiger partial charge is 0.452 e. The Balaban J connectivity index is 1.77. The summed E-state index contributed by atoms with van der Waals surface area (Å²) in [5.74, 6) is -1.46. The molecule has 0 fully saturated rings. The normalized spacial score (nSPS) is 10.2. The van der Waals surface area contributed by atoms with Crippen molar-refractivity contribution in [1.29, 1.82) is 5.26 Å². The first-order valence-corrected chi connectivity index (χ1v) is 9.53. The predicted octanol–water partition coefficient (Wildman–Crippen LogP) is 3.27. The fourth-order valence-corrected chi connectivity index (χ4v) is 3.29. The van der Waals surface area contributed by atoms with E-state index in [-0.39, 0.29) is 21.3 Å². The van der Waals surface area contributed by atoms with Gasteiger partial charge in [-0.2, -0.15) is 15.0 Å². The van der Waals surface area contributed by atoms with Crippen molar-refractivity contribution in [3.8, 4) is 11.8 Å². The van der Waals surface area contributed by atoms with Gasteiger partial charge >= 0.3 is 5.97 Å². The van der Waals surface area contributed by atoms with Gasteiger partial charge in [0.15, 0.2) is 6.61 Å². The minimum atomic E-state index is -0.845. The van der Waals surface area contributed by atoms with Crippen LogP contribution in [0.3, 0.4) is 0 Å². The molecule has 0 spiro atoms. The first-order valence-electron chi connectivity index (χ1n) is 7.89. The van der Waals surface area contributed by atoms with Crippen LogP contribution in [0.4, 0.5) is 5.00 Å². The molecule has 146 valence electrons. The highest BCUT2D eigenvalue weighted by Crippen LogP contribution is 2.22. The van der Waals surface area contributed by atoms with Crippen molar-refractivity contribution in [2.75, 3.05) is 11.9 Å². The number of hydrogen-bond donors (Lipinski definition) is 1. The van der Waals surface area contributed by atoms with E-state index in [4.69, 9.17) is 33.2 Å². The molecule has 0 radical (unpaired) electrons. The number of esters is 1. The van der Waals surface area contributed by atoms with Gasteiger partial charge in [0.1, 0.15) is 16.1 Å². The number of carbonyl (C=O) groups is 2. The number of nitrogens with one attached hydrogen (secondary N) is 1. The monoisotopic (exact) mass is 448 g/mol. The van der Waals surface area contributed by atoms with Gasteiger partial charge in [-0.1, -0.05) is 35.3 Å². The van der Waals surface area contributed by atoms with Gasteiger partial charge in [-0.05, 0) is 23.6 Å². The highest BCUT2D eigenvalue weighted by atomic mass is 35.5. The number of rotatable bonds is 5. The maximum atomic E-state index is 12.5. The molecule has 29 heavy (non-hydrogen) atoms. The van der Waals surface area contributed by atoms with Crippen LogP contribution < -0.4 is 10.9 Å². The third kappa shape index (κ3) is 4.46. The molecule has 3 rings (SSSR count).